The Morgan fingerprint density at radius 3 is 2.26 bits per heavy atom. The van der Waals surface area contributed by atoms with Crippen LogP contribution < -0.4 is 19.3 Å². The molecule has 0 amide bonds. The molecule has 78 heavy (non-hydrogen) atoms. The quantitative estimate of drug-likeness (QED) is 0.0830. The summed E-state index contributed by atoms with van der Waals surface area (Å²) in [6, 6.07) is 31.3. The van der Waals surface area contributed by atoms with Crippen molar-refractivity contribution < 1.29 is 14.2 Å². The molecule has 6 aliphatic rings. The van der Waals surface area contributed by atoms with Crippen molar-refractivity contribution in [1.82, 2.24) is 0 Å². The molecular formula is C71H90N2O3S2. The molecule has 1 spiro atoms. The highest BCUT2D eigenvalue weighted by Gasteiger charge is 2.57. The number of aryl methyl sites for hydroxylation is 1. The number of rotatable bonds is 19. The van der Waals surface area contributed by atoms with Gasteiger partial charge in [-0.3, -0.25) is 0 Å². The summed E-state index contributed by atoms with van der Waals surface area (Å²) in [6.07, 6.45) is 31.4. The van der Waals surface area contributed by atoms with E-state index in [2.05, 4.69) is 167 Å². The van der Waals surface area contributed by atoms with Crippen molar-refractivity contribution in [1.29, 1.82) is 0 Å². The van der Waals surface area contributed by atoms with Crippen LogP contribution in [0.4, 0.5) is 11.4 Å². The molecule has 5 aromatic carbocycles. The number of anilines is 2. The van der Waals surface area contributed by atoms with Crippen molar-refractivity contribution in [2.75, 3.05) is 75.4 Å². The maximum absolute atomic E-state index is 6.04. The Balaban J connectivity index is 1.19. The number of methoxy groups -OCH3 is 2. The summed E-state index contributed by atoms with van der Waals surface area (Å²) < 4.78 is 17.9. The van der Waals surface area contributed by atoms with E-state index in [-0.39, 0.29) is 21.7 Å². The molecule has 7 heteroatoms. The third-order valence-corrected chi connectivity index (χ3v) is 21.8. The zero-order valence-electron chi connectivity index (χ0n) is 48.8. The highest BCUT2D eigenvalue weighted by Crippen LogP contribution is 2.67. The lowest BCUT2D eigenvalue weighted by atomic mass is 9.48. The molecule has 0 bridgehead atoms. The lowest BCUT2D eigenvalue weighted by Crippen LogP contribution is -2.48. The van der Waals surface area contributed by atoms with Crippen LogP contribution in [0.25, 0.3) is 39.1 Å². The van der Waals surface area contributed by atoms with Crippen LogP contribution in [0.1, 0.15) is 146 Å². The van der Waals surface area contributed by atoms with Gasteiger partial charge in [-0.2, -0.15) is 24.4 Å². The number of hydrogen-bond acceptors (Lipinski definition) is 7. The number of allylic oxidation sites excluding steroid dienone is 4. The molecule has 1 saturated heterocycles. The molecule has 3 saturated carbocycles. The van der Waals surface area contributed by atoms with Gasteiger partial charge in [0.2, 0.25) is 0 Å². The lowest BCUT2D eigenvalue weighted by Gasteiger charge is -2.56. The van der Waals surface area contributed by atoms with Gasteiger partial charge in [-0.05, 0) is 196 Å². The van der Waals surface area contributed by atoms with Crippen molar-refractivity contribution in [3.8, 4) is 33.8 Å². The normalized spacial score (nSPS) is 24.1. The van der Waals surface area contributed by atoms with Crippen molar-refractivity contribution >= 4 is 52.6 Å². The van der Waals surface area contributed by atoms with E-state index < -0.39 is 0 Å². The van der Waals surface area contributed by atoms with Gasteiger partial charge in [-0.15, -0.1) is 0 Å². The summed E-state index contributed by atoms with van der Waals surface area (Å²) in [5.41, 5.74) is 16.2. The first-order valence-electron chi connectivity index (χ1n) is 30.2. The highest BCUT2D eigenvalue weighted by molar-refractivity contribution is 7.99. The summed E-state index contributed by atoms with van der Waals surface area (Å²) in [5, 5.41) is 3.18. The Kier molecular flexibility index (Phi) is 16.2. The van der Waals surface area contributed by atoms with Crippen molar-refractivity contribution in [3.63, 3.8) is 0 Å². The second-order valence-corrected chi connectivity index (χ2v) is 27.1. The second kappa shape index (κ2) is 22.8. The highest BCUT2D eigenvalue weighted by atomic mass is 32.2. The van der Waals surface area contributed by atoms with Crippen LogP contribution in [0, 0.1) is 35.5 Å². The number of thioether (sulfide) groups is 1. The van der Waals surface area contributed by atoms with E-state index in [0.717, 1.165) is 87.0 Å². The average molecular weight is 1080 g/mol. The van der Waals surface area contributed by atoms with Gasteiger partial charge in [0.05, 0.1) is 27.4 Å². The maximum Gasteiger partial charge on any atom is 0.161 e. The molecule has 5 unspecified atom stereocenters. The van der Waals surface area contributed by atoms with Crippen LogP contribution in [0.3, 0.4) is 0 Å². The number of morpholine rings is 1. The third-order valence-electron chi connectivity index (χ3n) is 20.4. The molecule has 5 aromatic rings. The fourth-order valence-electron chi connectivity index (χ4n) is 16.4. The van der Waals surface area contributed by atoms with Crippen molar-refractivity contribution in [2.45, 2.75) is 141 Å². The predicted octanol–water partition coefficient (Wildman–Crippen LogP) is 17.9. The molecule has 5 atom stereocenters. The Bertz CT molecular complexity index is 3060. The van der Waals surface area contributed by atoms with Gasteiger partial charge in [-0.1, -0.05) is 140 Å². The third kappa shape index (κ3) is 9.88. The van der Waals surface area contributed by atoms with Crippen LogP contribution in [-0.2, 0) is 15.6 Å². The number of thiol groups is 1. The topological polar surface area (TPSA) is 34.2 Å². The first kappa shape index (κ1) is 55.4. The summed E-state index contributed by atoms with van der Waals surface area (Å²) in [7, 11) is 3.47. The summed E-state index contributed by atoms with van der Waals surface area (Å²) >= 11 is 7.14. The van der Waals surface area contributed by atoms with Crippen LogP contribution in [-0.4, -0.2) is 70.9 Å². The van der Waals surface area contributed by atoms with Crippen LogP contribution in [0.15, 0.2) is 109 Å². The zero-order chi connectivity index (χ0) is 54.4. The van der Waals surface area contributed by atoms with E-state index in [9.17, 15) is 0 Å². The van der Waals surface area contributed by atoms with E-state index >= 15 is 0 Å². The zero-order valence-corrected chi connectivity index (χ0v) is 50.5. The van der Waals surface area contributed by atoms with Gasteiger partial charge in [0.15, 0.2) is 11.5 Å². The minimum Gasteiger partial charge on any atom is -0.493 e. The average Bonchev–Trinajstić information content (AvgIpc) is 2.89. The number of benzene rings is 5. The molecule has 11 rings (SSSR count). The maximum atomic E-state index is 6.04. The van der Waals surface area contributed by atoms with Gasteiger partial charge >= 0.3 is 0 Å². The molecule has 5 aliphatic carbocycles. The van der Waals surface area contributed by atoms with Gasteiger partial charge in [0.1, 0.15) is 0 Å². The first-order chi connectivity index (χ1) is 37.8. The van der Waals surface area contributed by atoms with Gasteiger partial charge < -0.3 is 24.0 Å². The second-order valence-electron chi connectivity index (χ2n) is 25.6. The van der Waals surface area contributed by atoms with Gasteiger partial charge in [0, 0.05) is 59.2 Å². The molecule has 0 radical (unpaired) electrons. The first-order valence-corrected chi connectivity index (χ1v) is 32.1. The van der Waals surface area contributed by atoms with Crippen LogP contribution in [0.5, 0.6) is 11.5 Å². The predicted molar refractivity (Wildman–Crippen MR) is 338 cm³/mol. The Morgan fingerprint density at radius 2 is 1.62 bits per heavy atom. The van der Waals surface area contributed by atoms with E-state index in [1.165, 1.54) is 118 Å². The van der Waals surface area contributed by atoms with Gasteiger partial charge in [-0.25, -0.2) is 0 Å². The van der Waals surface area contributed by atoms with Crippen LogP contribution >= 0.6 is 24.4 Å². The number of ether oxygens (including phenoxy) is 3. The van der Waals surface area contributed by atoms with E-state index in [0.29, 0.717) is 30.3 Å². The Labute approximate surface area is 479 Å². The van der Waals surface area contributed by atoms with Crippen molar-refractivity contribution in [2.24, 2.45) is 28.6 Å². The number of fused-ring (bicyclic) bond motifs is 7. The largest absolute Gasteiger partial charge is 0.493 e. The lowest BCUT2D eigenvalue weighted by molar-refractivity contribution is 0.0115. The molecular weight excluding hydrogens is 993 g/mol. The fraction of sp³-hybridized carbons (Fsp3) is 0.521. The minimum absolute atomic E-state index is 0.0777. The molecule has 1 aliphatic heterocycles. The SMILES string of the molecule is CCCN(CCC1CCC1)c1ccc(C(/C=C\c2c3c(c4cc(-c5ccc(OC)c(OC)c5)c(N5CCOCC5)cc4c2C)-c2ccccc2C32CC(C)(C)CC(C)(C(CC)CS)C2)(C2=CCC(SC)C=C2)C2CCC2)cc1. The standard InChI is InChI=1S/C71H90N2O3S2/c1-10-35-72(36-33-49-16-14-17-49)55-27-23-53(24-28-55)71(52-18-15-19-52,54-25-29-56(78-9)30-26-54)34-32-57-48(3)59-43-63(73-37-39-76-40-38-73)60(50-22-31-64(74-7)65(41-50)75-8)42-61(59)66-58-20-12-13-21-62(58)70(67(57)66)46-68(4,5)45-69(6,47-70)51(11-2)44-77/h12-13,20-29,31-32,34,41-43,49,51-52,56,77H,10-11,14-19,30,33,35-40,44-47H2,1-9H3/b34-32-. The molecule has 414 valence electrons. The summed E-state index contributed by atoms with van der Waals surface area (Å²) in [4.78, 5) is 5.25. The van der Waals surface area contributed by atoms with E-state index in [4.69, 9.17) is 26.8 Å². The smallest absolute Gasteiger partial charge is 0.161 e. The molecule has 5 nitrogen and oxygen atoms in total. The van der Waals surface area contributed by atoms with Crippen molar-refractivity contribution in [3.05, 3.63) is 137 Å². The number of hydrogen-bond donors (Lipinski definition) is 1. The van der Waals surface area contributed by atoms with E-state index in [1.807, 2.05) is 11.8 Å². The fourth-order valence-corrected chi connectivity index (χ4v) is 17.6. The van der Waals surface area contributed by atoms with Crippen LogP contribution in [0.2, 0.25) is 0 Å². The Morgan fingerprint density at radius 1 is 0.859 bits per heavy atom. The minimum atomic E-state index is -0.291. The van der Waals surface area contributed by atoms with E-state index in [1.54, 1.807) is 19.8 Å². The summed E-state index contributed by atoms with van der Waals surface area (Å²) in [5.74, 6) is 4.28. The molecule has 4 fully saturated rings. The monoisotopic (exact) mass is 1080 g/mol. The van der Waals surface area contributed by atoms with Gasteiger partial charge in [0.25, 0.3) is 0 Å². The molecule has 0 aromatic heterocycles. The Hall–Kier alpha value is -4.56. The molecule has 1 heterocycles. The molecule has 0 N–H and O–H groups in total. The summed E-state index contributed by atoms with van der Waals surface area (Å²) in [6.45, 7) is 20.4. The number of nitrogens with zero attached hydrogens (tertiary/aromatic N) is 2.